The molecule has 1 N–H and O–H groups in total. The van der Waals surface area contributed by atoms with Crippen LogP contribution in [-0.2, 0) is 13.0 Å². The molecule has 7 nitrogen and oxygen atoms in total. The van der Waals surface area contributed by atoms with Crippen LogP contribution in [0.2, 0.25) is 0 Å². The van der Waals surface area contributed by atoms with Crippen LogP contribution in [0.3, 0.4) is 0 Å². The van der Waals surface area contributed by atoms with Gasteiger partial charge in [0.15, 0.2) is 0 Å². The largest absolute Gasteiger partial charge is 0.487 e. The topological polar surface area (TPSA) is 81.4 Å². The average molecular weight is 323 g/mol. The third-order valence-corrected chi connectivity index (χ3v) is 3.90. The van der Waals surface area contributed by atoms with Gasteiger partial charge in [0.2, 0.25) is 5.82 Å². The SMILES string of the molecule is CC1(C)Cc2cc(CNC(=O)c3nc4ncccn4n3)ccc2O1. The van der Waals surface area contributed by atoms with Crippen LogP contribution in [0.4, 0.5) is 0 Å². The van der Waals surface area contributed by atoms with Crippen molar-refractivity contribution in [2.45, 2.75) is 32.4 Å². The van der Waals surface area contributed by atoms with Crippen LogP contribution >= 0.6 is 0 Å². The Morgan fingerprint density at radius 3 is 3.12 bits per heavy atom. The van der Waals surface area contributed by atoms with E-state index in [1.165, 1.54) is 10.1 Å². The second kappa shape index (κ2) is 5.30. The minimum atomic E-state index is -0.322. The average Bonchev–Trinajstić information content (AvgIpc) is 3.10. The number of hydrogen-bond acceptors (Lipinski definition) is 5. The summed E-state index contributed by atoms with van der Waals surface area (Å²) in [7, 11) is 0. The van der Waals surface area contributed by atoms with Crippen LogP contribution in [0.1, 0.15) is 35.6 Å². The molecular weight excluding hydrogens is 306 g/mol. The molecule has 0 radical (unpaired) electrons. The Labute approximate surface area is 138 Å². The summed E-state index contributed by atoms with van der Waals surface area (Å²) in [5.74, 6) is 1.11. The summed E-state index contributed by atoms with van der Waals surface area (Å²) in [5.41, 5.74) is 2.02. The summed E-state index contributed by atoms with van der Waals surface area (Å²) in [6, 6.07) is 7.72. The lowest BCUT2D eigenvalue weighted by Crippen LogP contribution is -2.24. The Bertz CT molecular complexity index is 899. The number of benzene rings is 1. The minimum Gasteiger partial charge on any atom is -0.487 e. The molecule has 0 atom stereocenters. The standard InChI is InChI=1S/C17H17N5O2/c1-17(2)9-12-8-11(4-5-13(12)24-17)10-19-15(23)14-20-16-18-6-3-7-22(16)21-14/h3-8H,9-10H2,1-2H3,(H,19,23). The van der Waals surface area contributed by atoms with Crippen LogP contribution in [-0.4, -0.2) is 31.1 Å². The van der Waals surface area contributed by atoms with Crippen molar-refractivity contribution in [1.82, 2.24) is 24.9 Å². The molecule has 0 saturated heterocycles. The fourth-order valence-corrected chi connectivity index (χ4v) is 2.86. The van der Waals surface area contributed by atoms with Gasteiger partial charge in [-0.1, -0.05) is 12.1 Å². The fraction of sp³-hybridized carbons (Fsp3) is 0.294. The number of aromatic nitrogens is 4. The van der Waals surface area contributed by atoms with Gasteiger partial charge in [-0.15, -0.1) is 5.10 Å². The van der Waals surface area contributed by atoms with Crippen LogP contribution < -0.4 is 10.1 Å². The van der Waals surface area contributed by atoms with Gasteiger partial charge in [-0.05, 0) is 37.1 Å². The molecule has 1 amide bonds. The number of nitrogens with zero attached hydrogens (tertiary/aromatic N) is 4. The minimum absolute atomic E-state index is 0.110. The first-order chi connectivity index (χ1) is 11.5. The Morgan fingerprint density at radius 2 is 2.29 bits per heavy atom. The Balaban J connectivity index is 1.46. The second-order valence-electron chi connectivity index (χ2n) is 6.46. The molecule has 122 valence electrons. The molecule has 3 aromatic rings. The van der Waals surface area contributed by atoms with Gasteiger partial charge in [0.05, 0.1) is 0 Å². The first-order valence-corrected chi connectivity index (χ1v) is 7.77. The molecule has 2 aromatic heterocycles. The third kappa shape index (κ3) is 2.68. The molecule has 7 heteroatoms. The third-order valence-electron chi connectivity index (χ3n) is 3.90. The molecule has 0 fully saturated rings. The first-order valence-electron chi connectivity index (χ1n) is 7.77. The smallest absolute Gasteiger partial charge is 0.291 e. The van der Waals surface area contributed by atoms with E-state index in [9.17, 15) is 4.79 Å². The van der Waals surface area contributed by atoms with Crippen molar-refractivity contribution in [3.05, 3.63) is 53.6 Å². The van der Waals surface area contributed by atoms with Crippen LogP contribution in [0.15, 0.2) is 36.7 Å². The summed E-state index contributed by atoms with van der Waals surface area (Å²) in [6.45, 7) is 4.55. The van der Waals surface area contributed by atoms with Gasteiger partial charge in [0.1, 0.15) is 11.4 Å². The van der Waals surface area contributed by atoms with E-state index in [1.807, 2.05) is 12.1 Å². The molecule has 24 heavy (non-hydrogen) atoms. The number of hydrogen-bond donors (Lipinski definition) is 1. The maximum Gasteiger partial charge on any atom is 0.291 e. The zero-order chi connectivity index (χ0) is 16.7. The van der Waals surface area contributed by atoms with E-state index in [1.54, 1.807) is 18.5 Å². The van der Waals surface area contributed by atoms with Crippen LogP contribution in [0.5, 0.6) is 5.75 Å². The van der Waals surface area contributed by atoms with E-state index in [0.717, 1.165) is 17.7 Å². The molecular formula is C17H17N5O2. The van der Waals surface area contributed by atoms with E-state index in [4.69, 9.17) is 4.74 Å². The fourth-order valence-electron chi connectivity index (χ4n) is 2.86. The number of ether oxygens (including phenoxy) is 1. The number of nitrogens with one attached hydrogen (secondary N) is 1. The Hall–Kier alpha value is -2.96. The van der Waals surface area contributed by atoms with E-state index >= 15 is 0 Å². The molecule has 4 rings (SSSR count). The highest BCUT2D eigenvalue weighted by atomic mass is 16.5. The lowest BCUT2D eigenvalue weighted by molar-refractivity contribution is 0.0940. The highest BCUT2D eigenvalue weighted by Crippen LogP contribution is 2.35. The monoisotopic (exact) mass is 323 g/mol. The van der Waals surface area contributed by atoms with Gasteiger partial charge < -0.3 is 10.1 Å². The van der Waals surface area contributed by atoms with E-state index in [0.29, 0.717) is 12.3 Å². The number of fused-ring (bicyclic) bond motifs is 2. The molecule has 1 aliphatic rings. The number of rotatable bonds is 3. The molecule has 0 aliphatic carbocycles. The number of amides is 1. The first kappa shape index (κ1) is 14.6. The normalized spacial score (nSPS) is 15.1. The van der Waals surface area contributed by atoms with Gasteiger partial charge in [0.25, 0.3) is 11.7 Å². The molecule has 0 saturated carbocycles. The van der Waals surface area contributed by atoms with E-state index < -0.39 is 0 Å². The molecule has 1 aliphatic heterocycles. The predicted molar refractivity (Wildman–Crippen MR) is 86.8 cm³/mol. The highest BCUT2D eigenvalue weighted by molar-refractivity contribution is 5.90. The van der Waals surface area contributed by atoms with Crippen molar-refractivity contribution in [3.8, 4) is 5.75 Å². The molecule has 1 aromatic carbocycles. The van der Waals surface area contributed by atoms with E-state index in [-0.39, 0.29) is 17.3 Å². The van der Waals surface area contributed by atoms with E-state index in [2.05, 4.69) is 40.3 Å². The van der Waals surface area contributed by atoms with Crippen molar-refractivity contribution < 1.29 is 9.53 Å². The van der Waals surface area contributed by atoms with Crippen molar-refractivity contribution >= 4 is 11.7 Å². The predicted octanol–water partition coefficient (Wildman–Crippen LogP) is 1.77. The lowest BCUT2D eigenvalue weighted by Gasteiger charge is -2.16. The zero-order valence-corrected chi connectivity index (χ0v) is 13.5. The molecule has 0 spiro atoms. The number of carbonyl (C=O) groups excluding carboxylic acids is 1. The Kier molecular flexibility index (Phi) is 3.23. The second-order valence-corrected chi connectivity index (χ2v) is 6.46. The van der Waals surface area contributed by atoms with Crippen molar-refractivity contribution in [1.29, 1.82) is 0 Å². The summed E-state index contributed by atoms with van der Waals surface area (Å²) in [6.07, 6.45) is 4.18. The van der Waals surface area contributed by atoms with Gasteiger partial charge in [-0.25, -0.2) is 9.50 Å². The summed E-state index contributed by atoms with van der Waals surface area (Å²) in [5, 5.41) is 6.96. The zero-order valence-electron chi connectivity index (χ0n) is 13.5. The summed E-state index contributed by atoms with van der Waals surface area (Å²) in [4.78, 5) is 20.4. The van der Waals surface area contributed by atoms with Crippen molar-refractivity contribution in [2.24, 2.45) is 0 Å². The van der Waals surface area contributed by atoms with Crippen molar-refractivity contribution in [2.75, 3.05) is 0 Å². The molecule has 0 bridgehead atoms. The van der Waals surface area contributed by atoms with Gasteiger partial charge in [0, 0.05) is 25.4 Å². The maximum absolute atomic E-state index is 12.2. The summed E-state index contributed by atoms with van der Waals surface area (Å²) >= 11 is 0. The van der Waals surface area contributed by atoms with Crippen molar-refractivity contribution in [3.63, 3.8) is 0 Å². The maximum atomic E-state index is 12.2. The molecule has 3 heterocycles. The summed E-state index contributed by atoms with van der Waals surface area (Å²) < 4.78 is 7.34. The highest BCUT2D eigenvalue weighted by Gasteiger charge is 2.29. The number of carbonyl (C=O) groups is 1. The Morgan fingerprint density at radius 1 is 1.42 bits per heavy atom. The van der Waals surface area contributed by atoms with Crippen LogP contribution in [0, 0.1) is 0 Å². The van der Waals surface area contributed by atoms with Gasteiger partial charge in [-0.3, -0.25) is 4.79 Å². The quantitative estimate of drug-likeness (QED) is 0.794. The lowest BCUT2D eigenvalue weighted by atomic mass is 10.0. The van der Waals surface area contributed by atoms with Crippen LogP contribution in [0.25, 0.3) is 5.78 Å². The van der Waals surface area contributed by atoms with Gasteiger partial charge >= 0.3 is 0 Å². The molecule has 0 unspecified atom stereocenters. The van der Waals surface area contributed by atoms with Gasteiger partial charge in [-0.2, -0.15) is 4.98 Å².